The van der Waals surface area contributed by atoms with E-state index in [1.807, 2.05) is 12.1 Å². The van der Waals surface area contributed by atoms with E-state index in [0.29, 0.717) is 6.54 Å². The maximum atomic E-state index is 5.46. The van der Waals surface area contributed by atoms with Gasteiger partial charge in [-0.3, -0.25) is 0 Å². The number of nitrogens with zero attached hydrogens (tertiary/aromatic N) is 3. The van der Waals surface area contributed by atoms with Crippen molar-refractivity contribution >= 4 is 5.52 Å². The molecule has 0 bridgehead atoms. The summed E-state index contributed by atoms with van der Waals surface area (Å²) in [5, 5.41) is 4.05. The highest BCUT2D eigenvalue weighted by Gasteiger charge is 1.99. The van der Waals surface area contributed by atoms with Crippen LogP contribution in [0.5, 0.6) is 0 Å². The van der Waals surface area contributed by atoms with E-state index in [1.165, 1.54) is 0 Å². The highest BCUT2D eigenvalue weighted by atomic mass is 15.2. The van der Waals surface area contributed by atoms with Crippen molar-refractivity contribution in [2.24, 2.45) is 5.73 Å². The Labute approximate surface area is 63.7 Å². The summed E-state index contributed by atoms with van der Waals surface area (Å²) >= 11 is 0. The first kappa shape index (κ1) is 6.30. The van der Waals surface area contributed by atoms with E-state index in [1.54, 1.807) is 17.0 Å². The van der Waals surface area contributed by atoms with E-state index >= 15 is 0 Å². The van der Waals surface area contributed by atoms with Crippen molar-refractivity contribution in [1.82, 2.24) is 14.6 Å². The first-order valence-corrected chi connectivity index (χ1v) is 3.39. The third-order valence-corrected chi connectivity index (χ3v) is 1.59. The lowest BCUT2D eigenvalue weighted by molar-refractivity contribution is 0.926. The molecule has 11 heavy (non-hydrogen) atoms. The average Bonchev–Trinajstić information content (AvgIpc) is 2.47. The summed E-state index contributed by atoms with van der Waals surface area (Å²) in [6.45, 7) is 0.461. The quantitative estimate of drug-likeness (QED) is 0.628. The van der Waals surface area contributed by atoms with Crippen molar-refractivity contribution in [3.05, 3.63) is 30.4 Å². The van der Waals surface area contributed by atoms with Gasteiger partial charge >= 0.3 is 0 Å². The molecule has 2 rings (SSSR count). The van der Waals surface area contributed by atoms with Crippen LogP contribution in [0, 0.1) is 0 Å². The number of hydrogen-bond donors (Lipinski definition) is 1. The summed E-state index contributed by atoms with van der Waals surface area (Å²) in [5.41, 5.74) is 7.33. The minimum absolute atomic E-state index is 0.461. The normalized spacial score (nSPS) is 10.6. The maximum absolute atomic E-state index is 5.46. The molecule has 2 heterocycles. The molecule has 4 heteroatoms. The second-order valence-corrected chi connectivity index (χ2v) is 2.25. The Hall–Kier alpha value is -1.42. The van der Waals surface area contributed by atoms with Crippen molar-refractivity contribution in [2.45, 2.75) is 6.54 Å². The molecule has 0 saturated carbocycles. The number of fused-ring (bicyclic) bond motifs is 1. The predicted molar refractivity (Wildman–Crippen MR) is 40.9 cm³/mol. The van der Waals surface area contributed by atoms with Gasteiger partial charge in [0.25, 0.3) is 0 Å². The largest absolute Gasteiger partial charge is 0.325 e. The molecule has 0 amide bonds. The van der Waals surface area contributed by atoms with Gasteiger partial charge in [-0.05, 0) is 12.1 Å². The van der Waals surface area contributed by atoms with E-state index in [-0.39, 0.29) is 0 Å². The van der Waals surface area contributed by atoms with Crippen LogP contribution in [0.3, 0.4) is 0 Å². The number of nitrogens with two attached hydrogens (primary N) is 1. The molecule has 2 aromatic heterocycles. The second-order valence-electron chi connectivity index (χ2n) is 2.25. The SMILES string of the molecule is NCc1ncn2ncccc12. The molecule has 0 unspecified atom stereocenters. The van der Waals surface area contributed by atoms with Gasteiger partial charge in [-0.15, -0.1) is 0 Å². The van der Waals surface area contributed by atoms with Gasteiger partial charge in [-0.25, -0.2) is 9.50 Å². The van der Waals surface area contributed by atoms with Gasteiger partial charge in [0, 0.05) is 12.7 Å². The number of hydrogen-bond acceptors (Lipinski definition) is 3. The predicted octanol–water partition coefficient (Wildman–Crippen LogP) is 0.188. The number of rotatable bonds is 1. The number of imidazole rings is 1. The maximum Gasteiger partial charge on any atom is 0.118 e. The van der Waals surface area contributed by atoms with Crippen LogP contribution in [-0.4, -0.2) is 14.6 Å². The smallest absolute Gasteiger partial charge is 0.118 e. The summed E-state index contributed by atoms with van der Waals surface area (Å²) in [7, 11) is 0. The van der Waals surface area contributed by atoms with Crippen molar-refractivity contribution in [3.63, 3.8) is 0 Å². The molecule has 0 fully saturated rings. The molecule has 0 spiro atoms. The fourth-order valence-electron chi connectivity index (χ4n) is 1.05. The molecule has 4 nitrogen and oxygen atoms in total. The van der Waals surface area contributed by atoms with E-state index < -0.39 is 0 Å². The molecule has 2 aromatic rings. The molecule has 0 saturated heterocycles. The third-order valence-electron chi connectivity index (χ3n) is 1.59. The average molecular weight is 148 g/mol. The number of aromatic nitrogens is 3. The Kier molecular flexibility index (Phi) is 1.33. The van der Waals surface area contributed by atoms with Crippen LogP contribution in [0.15, 0.2) is 24.7 Å². The Balaban J connectivity index is 2.76. The first-order chi connectivity index (χ1) is 5.42. The molecule has 0 radical (unpaired) electrons. The van der Waals surface area contributed by atoms with Crippen LogP contribution in [0.1, 0.15) is 5.69 Å². The lowest BCUT2D eigenvalue weighted by Gasteiger charge is -1.91. The fourth-order valence-corrected chi connectivity index (χ4v) is 1.05. The monoisotopic (exact) mass is 148 g/mol. The van der Waals surface area contributed by atoms with Crippen molar-refractivity contribution < 1.29 is 0 Å². The molecule has 0 aliphatic heterocycles. The molecule has 0 aromatic carbocycles. The van der Waals surface area contributed by atoms with Crippen molar-refractivity contribution in [1.29, 1.82) is 0 Å². The van der Waals surface area contributed by atoms with Crippen LogP contribution < -0.4 is 5.73 Å². The van der Waals surface area contributed by atoms with Gasteiger partial charge in [0.1, 0.15) is 6.33 Å². The van der Waals surface area contributed by atoms with Gasteiger partial charge in [0.15, 0.2) is 0 Å². The van der Waals surface area contributed by atoms with Gasteiger partial charge in [0.05, 0.1) is 11.2 Å². The zero-order valence-corrected chi connectivity index (χ0v) is 5.94. The van der Waals surface area contributed by atoms with E-state index in [2.05, 4.69) is 10.1 Å². The third kappa shape index (κ3) is 0.877. The highest BCUT2D eigenvalue weighted by Crippen LogP contribution is 2.04. The summed E-state index contributed by atoms with van der Waals surface area (Å²) in [4.78, 5) is 4.09. The van der Waals surface area contributed by atoms with Crippen molar-refractivity contribution in [2.75, 3.05) is 0 Å². The minimum atomic E-state index is 0.461. The molecule has 2 N–H and O–H groups in total. The molecule has 0 aliphatic carbocycles. The summed E-state index contributed by atoms with van der Waals surface area (Å²) in [6, 6.07) is 3.82. The lowest BCUT2D eigenvalue weighted by Crippen LogP contribution is -1.97. The fraction of sp³-hybridized carbons (Fsp3) is 0.143. The zero-order chi connectivity index (χ0) is 7.68. The standard InChI is InChI=1S/C7H8N4/c8-4-6-7-2-1-3-10-11(7)5-9-6/h1-3,5H,4,8H2. The second kappa shape index (κ2) is 2.32. The zero-order valence-electron chi connectivity index (χ0n) is 5.94. The molecular weight excluding hydrogens is 140 g/mol. The summed E-state index contributed by atoms with van der Waals surface area (Å²) in [6.07, 6.45) is 3.38. The van der Waals surface area contributed by atoms with Gasteiger partial charge < -0.3 is 5.73 Å². The van der Waals surface area contributed by atoms with Crippen molar-refractivity contribution in [3.8, 4) is 0 Å². The van der Waals surface area contributed by atoms with Crippen LogP contribution in [0.25, 0.3) is 5.52 Å². The molecule has 56 valence electrons. The summed E-state index contributed by atoms with van der Waals surface area (Å²) in [5.74, 6) is 0. The van der Waals surface area contributed by atoms with Crippen LogP contribution in [-0.2, 0) is 6.54 Å². The van der Waals surface area contributed by atoms with Crippen LogP contribution in [0.4, 0.5) is 0 Å². The first-order valence-electron chi connectivity index (χ1n) is 3.39. The van der Waals surface area contributed by atoms with E-state index in [9.17, 15) is 0 Å². The lowest BCUT2D eigenvalue weighted by atomic mass is 10.3. The van der Waals surface area contributed by atoms with Gasteiger partial charge in [-0.1, -0.05) is 0 Å². The Bertz CT molecular complexity index is 365. The molecular formula is C7H8N4. The van der Waals surface area contributed by atoms with Crippen LogP contribution in [0.2, 0.25) is 0 Å². The Morgan fingerprint density at radius 2 is 2.45 bits per heavy atom. The molecule has 0 atom stereocenters. The van der Waals surface area contributed by atoms with Crippen LogP contribution >= 0.6 is 0 Å². The topological polar surface area (TPSA) is 56.2 Å². The van der Waals surface area contributed by atoms with E-state index in [4.69, 9.17) is 5.73 Å². The highest BCUT2D eigenvalue weighted by molar-refractivity contribution is 5.50. The van der Waals surface area contributed by atoms with Gasteiger partial charge in [0.2, 0.25) is 0 Å². The van der Waals surface area contributed by atoms with E-state index in [0.717, 1.165) is 11.2 Å². The van der Waals surface area contributed by atoms with Gasteiger partial charge in [-0.2, -0.15) is 5.10 Å². The summed E-state index contributed by atoms with van der Waals surface area (Å²) < 4.78 is 1.71. The molecule has 0 aliphatic rings. The Morgan fingerprint density at radius 3 is 3.27 bits per heavy atom. The Morgan fingerprint density at radius 1 is 1.55 bits per heavy atom. The minimum Gasteiger partial charge on any atom is -0.325 e.